The molecule has 3 rings (SSSR count). The summed E-state index contributed by atoms with van der Waals surface area (Å²) in [6.45, 7) is 0.739. The Morgan fingerprint density at radius 1 is 1.23 bits per heavy atom. The van der Waals surface area contributed by atoms with Gasteiger partial charge in [-0.3, -0.25) is 4.79 Å². The topological polar surface area (TPSA) is 51.1 Å². The number of hydrogen-bond acceptors (Lipinski definition) is 4. The first-order valence-corrected chi connectivity index (χ1v) is 8.45. The van der Waals surface area contributed by atoms with Gasteiger partial charge in [0.05, 0.1) is 12.3 Å². The number of methoxy groups -OCH3 is 1. The zero-order chi connectivity index (χ0) is 18.4. The van der Waals surface area contributed by atoms with Gasteiger partial charge < -0.3 is 14.5 Å². The van der Waals surface area contributed by atoms with E-state index in [2.05, 4.69) is 5.16 Å². The molecule has 0 unspecified atom stereocenters. The van der Waals surface area contributed by atoms with Crippen LogP contribution in [0.15, 0.2) is 59.8 Å². The molecule has 1 heterocycles. The molecule has 5 nitrogen and oxygen atoms in total. The fourth-order valence-electron chi connectivity index (χ4n) is 2.85. The summed E-state index contributed by atoms with van der Waals surface area (Å²) in [5.41, 5.74) is 2.73. The van der Waals surface area contributed by atoms with Gasteiger partial charge in [-0.2, -0.15) is 0 Å². The Bertz CT molecular complexity index is 762. The van der Waals surface area contributed by atoms with Gasteiger partial charge in [0, 0.05) is 20.1 Å². The van der Waals surface area contributed by atoms with Crippen LogP contribution in [0.4, 0.5) is 4.39 Å². The lowest BCUT2D eigenvalue weighted by molar-refractivity contribution is -0.137. The van der Waals surface area contributed by atoms with Crippen LogP contribution in [0.25, 0.3) is 0 Å². The first-order chi connectivity index (χ1) is 12.7. The number of carbonyl (C=O) groups is 1. The summed E-state index contributed by atoms with van der Waals surface area (Å²) in [7, 11) is 1.48. The quantitative estimate of drug-likeness (QED) is 0.766. The highest BCUT2D eigenvalue weighted by Gasteiger charge is 2.26. The van der Waals surface area contributed by atoms with Crippen LogP contribution in [0.2, 0.25) is 0 Å². The number of carbonyl (C=O) groups excluding carboxylic acids is 1. The molecule has 2 aromatic carbocycles. The monoisotopic (exact) mass is 356 g/mol. The molecule has 1 amide bonds. The zero-order valence-corrected chi connectivity index (χ0v) is 14.6. The maximum absolute atomic E-state index is 13.1. The SMILES string of the molecule is COCC(=O)N(Cc1ccc(F)cc1)C[C@@H]1CC(c2ccccc2)=NO1. The second kappa shape index (κ2) is 8.58. The lowest BCUT2D eigenvalue weighted by Crippen LogP contribution is -2.39. The third kappa shape index (κ3) is 4.67. The van der Waals surface area contributed by atoms with E-state index in [1.807, 2.05) is 30.3 Å². The summed E-state index contributed by atoms with van der Waals surface area (Å²) in [4.78, 5) is 19.6. The molecule has 26 heavy (non-hydrogen) atoms. The third-order valence-corrected chi connectivity index (χ3v) is 4.17. The highest BCUT2D eigenvalue weighted by atomic mass is 19.1. The fraction of sp³-hybridized carbons (Fsp3) is 0.300. The molecular formula is C20H21FN2O3. The van der Waals surface area contributed by atoms with Crippen LogP contribution in [0, 0.1) is 5.82 Å². The first kappa shape index (κ1) is 18.1. The van der Waals surface area contributed by atoms with E-state index < -0.39 is 0 Å². The van der Waals surface area contributed by atoms with E-state index in [1.54, 1.807) is 17.0 Å². The van der Waals surface area contributed by atoms with Crippen molar-refractivity contribution in [1.29, 1.82) is 0 Å². The molecule has 0 radical (unpaired) electrons. The smallest absolute Gasteiger partial charge is 0.248 e. The lowest BCUT2D eigenvalue weighted by atomic mass is 10.0. The summed E-state index contributed by atoms with van der Waals surface area (Å²) in [6, 6.07) is 15.9. The second-order valence-electron chi connectivity index (χ2n) is 6.17. The van der Waals surface area contributed by atoms with Crippen molar-refractivity contribution in [3.05, 3.63) is 71.5 Å². The first-order valence-electron chi connectivity index (χ1n) is 8.45. The van der Waals surface area contributed by atoms with Crippen LogP contribution in [0.5, 0.6) is 0 Å². The molecule has 0 saturated carbocycles. The van der Waals surface area contributed by atoms with E-state index in [0.29, 0.717) is 19.5 Å². The predicted molar refractivity (Wildman–Crippen MR) is 96.2 cm³/mol. The minimum Gasteiger partial charge on any atom is -0.390 e. The maximum atomic E-state index is 13.1. The van der Waals surface area contributed by atoms with E-state index in [1.165, 1.54) is 19.2 Å². The summed E-state index contributed by atoms with van der Waals surface area (Å²) >= 11 is 0. The highest BCUT2D eigenvalue weighted by Crippen LogP contribution is 2.18. The van der Waals surface area contributed by atoms with Crippen molar-refractivity contribution in [1.82, 2.24) is 4.90 Å². The predicted octanol–water partition coefficient (Wildman–Crippen LogP) is 2.99. The Labute approximate surface area is 152 Å². The Morgan fingerprint density at radius 3 is 2.65 bits per heavy atom. The minimum absolute atomic E-state index is 0.0136. The van der Waals surface area contributed by atoms with Gasteiger partial charge in [0.15, 0.2) is 6.10 Å². The van der Waals surface area contributed by atoms with Gasteiger partial charge in [-0.25, -0.2) is 4.39 Å². The van der Waals surface area contributed by atoms with Crippen molar-refractivity contribution < 1.29 is 18.8 Å². The van der Waals surface area contributed by atoms with Crippen LogP contribution in [-0.4, -0.2) is 42.9 Å². The number of ether oxygens (including phenoxy) is 1. The van der Waals surface area contributed by atoms with Crippen LogP contribution >= 0.6 is 0 Å². The largest absolute Gasteiger partial charge is 0.390 e. The van der Waals surface area contributed by atoms with E-state index in [-0.39, 0.29) is 24.4 Å². The summed E-state index contributed by atoms with van der Waals surface area (Å²) < 4.78 is 18.1. The summed E-state index contributed by atoms with van der Waals surface area (Å²) in [5.74, 6) is -0.447. The van der Waals surface area contributed by atoms with Crippen molar-refractivity contribution >= 4 is 11.6 Å². The van der Waals surface area contributed by atoms with E-state index >= 15 is 0 Å². The molecule has 0 spiro atoms. The number of oxime groups is 1. The average Bonchev–Trinajstić information content (AvgIpc) is 3.12. The van der Waals surface area contributed by atoms with Gasteiger partial charge in [0.2, 0.25) is 5.91 Å². The number of halogens is 1. The van der Waals surface area contributed by atoms with Gasteiger partial charge in [-0.05, 0) is 23.3 Å². The third-order valence-electron chi connectivity index (χ3n) is 4.17. The minimum atomic E-state index is -0.302. The summed E-state index contributed by atoms with van der Waals surface area (Å²) in [6.07, 6.45) is 0.413. The number of nitrogens with zero attached hydrogens (tertiary/aromatic N) is 2. The number of benzene rings is 2. The normalized spacial score (nSPS) is 16.1. The lowest BCUT2D eigenvalue weighted by Gasteiger charge is -2.24. The molecule has 0 aromatic heterocycles. The van der Waals surface area contributed by atoms with Gasteiger partial charge in [0.25, 0.3) is 0 Å². The molecule has 1 atom stereocenters. The van der Waals surface area contributed by atoms with Gasteiger partial charge in [0.1, 0.15) is 12.4 Å². The maximum Gasteiger partial charge on any atom is 0.248 e. The molecule has 6 heteroatoms. The molecule has 1 aliphatic rings. The van der Waals surface area contributed by atoms with Crippen LogP contribution in [0.3, 0.4) is 0 Å². The van der Waals surface area contributed by atoms with Crippen LogP contribution in [0.1, 0.15) is 17.5 Å². The molecule has 1 aliphatic heterocycles. The number of hydrogen-bond donors (Lipinski definition) is 0. The van der Waals surface area contributed by atoms with Gasteiger partial charge in [-0.15, -0.1) is 0 Å². The molecule has 0 N–H and O–H groups in total. The van der Waals surface area contributed by atoms with Crippen LogP contribution < -0.4 is 0 Å². The second-order valence-corrected chi connectivity index (χ2v) is 6.17. The van der Waals surface area contributed by atoms with Gasteiger partial charge >= 0.3 is 0 Å². The van der Waals surface area contributed by atoms with Crippen molar-refractivity contribution in [2.24, 2.45) is 5.16 Å². The van der Waals surface area contributed by atoms with Gasteiger partial charge in [-0.1, -0.05) is 47.6 Å². The van der Waals surface area contributed by atoms with Crippen LogP contribution in [-0.2, 0) is 20.9 Å². The fourth-order valence-corrected chi connectivity index (χ4v) is 2.85. The molecule has 0 fully saturated rings. The van der Waals surface area contributed by atoms with E-state index in [4.69, 9.17) is 9.57 Å². The number of amides is 1. The summed E-state index contributed by atoms with van der Waals surface area (Å²) in [5, 5.41) is 4.16. The molecule has 0 saturated heterocycles. The highest BCUT2D eigenvalue weighted by molar-refractivity contribution is 6.01. The standard InChI is InChI=1S/C20H21FN2O3/c1-25-14-20(24)23(12-15-7-9-17(21)10-8-15)13-18-11-19(22-26-18)16-5-3-2-4-6-16/h2-10,18H,11-14H2,1H3/t18-/m0/s1. The Kier molecular flexibility index (Phi) is 5.96. The van der Waals surface area contributed by atoms with Crippen molar-refractivity contribution in [2.75, 3.05) is 20.3 Å². The molecule has 136 valence electrons. The Morgan fingerprint density at radius 2 is 1.96 bits per heavy atom. The van der Waals surface area contributed by atoms with E-state index in [0.717, 1.165) is 16.8 Å². The molecule has 0 aliphatic carbocycles. The van der Waals surface area contributed by atoms with Crippen molar-refractivity contribution in [3.8, 4) is 0 Å². The van der Waals surface area contributed by atoms with E-state index in [9.17, 15) is 9.18 Å². The Balaban J connectivity index is 1.64. The average molecular weight is 356 g/mol. The molecule has 2 aromatic rings. The zero-order valence-electron chi connectivity index (χ0n) is 14.6. The van der Waals surface area contributed by atoms with Crippen molar-refractivity contribution in [3.63, 3.8) is 0 Å². The molecule has 0 bridgehead atoms. The molecular weight excluding hydrogens is 335 g/mol. The Hall–Kier alpha value is -2.73. The van der Waals surface area contributed by atoms with Crippen molar-refractivity contribution in [2.45, 2.75) is 19.1 Å². The number of rotatable bonds is 7.